The molecule has 0 fully saturated rings. The fourth-order valence-corrected chi connectivity index (χ4v) is 2.63. The number of halogens is 3. The SMILES string of the molecule is CN(C)CC(=O)Nc1ccccc1Oc1cc(-c2ccc(C(F)(F)F)cc2)ncn1. The summed E-state index contributed by atoms with van der Waals surface area (Å²) in [6.45, 7) is 0.208. The molecule has 0 bridgehead atoms. The highest BCUT2D eigenvalue weighted by Crippen LogP contribution is 2.32. The number of nitrogens with one attached hydrogen (secondary N) is 1. The Hall–Kier alpha value is -3.46. The van der Waals surface area contributed by atoms with Crippen molar-refractivity contribution in [3.05, 3.63) is 66.5 Å². The van der Waals surface area contributed by atoms with Crippen LogP contribution in [0.5, 0.6) is 11.6 Å². The number of carbonyl (C=O) groups is 1. The number of benzene rings is 2. The number of carbonyl (C=O) groups excluding carboxylic acids is 1. The van der Waals surface area contributed by atoms with Gasteiger partial charge in [-0.1, -0.05) is 24.3 Å². The summed E-state index contributed by atoms with van der Waals surface area (Å²) in [5.74, 6) is 0.361. The van der Waals surface area contributed by atoms with E-state index in [2.05, 4.69) is 15.3 Å². The molecule has 0 aliphatic rings. The van der Waals surface area contributed by atoms with Crippen molar-refractivity contribution in [3.8, 4) is 22.9 Å². The van der Waals surface area contributed by atoms with Crippen LogP contribution in [0.2, 0.25) is 0 Å². The molecule has 1 aromatic heterocycles. The number of hydrogen-bond donors (Lipinski definition) is 1. The second-order valence-corrected chi connectivity index (χ2v) is 6.70. The predicted molar refractivity (Wildman–Crippen MR) is 106 cm³/mol. The van der Waals surface area contributed by atoms with Gasteiger partial charge in [0.2, 0.25) is 11.8 Å². The summed E-state index contributed by atoms with van der Waals surface area (Å²) in [5, 5.41) is 2.77. The number of rotatable bonds is 6. The van der Waals surface area contributed by atoms with Gasteiger partial charge < -0.3 is 15.0 Å². The predicted octanol–water partition coefficient (Wildman–Crippen LogP) is 4.45. The smallest absolute Gasteiger partial charge is 0.416 e. The van der Waals surface area contributed by atoms with E-state index in [0.717, 1.165) is 12.1 Å². The molecule has 1 amide bonds. The maximum absolute atomic E-state index is 12.7. The van der Waals surface area contributed by atoms with Gasteiger partial charge in [0.15, 0.2) is 5.75 Å². The first kappa shape index (κ1) is 21.3. The van der Waals surface area contributed by atoms with Crippen LogP contribution in [0.3, 0.4) is 0 Å². The monoisotopic (exact) mass is 416 g/mol. The number of amides is 1. The Morgan fingerprint density at radius 3 is 2.43 bits per heavy atom. The Bertz CT molecular complexity index is 1020. The highest BCUT2D eigenvalue weighted by atomic mass is 19.4. The summed E-state index contributed by atoms with van der Waals surface area (Å²) in [4.78, 5) is 21.9. The Labute approximate surface area is 171 Å². The molecule has 0 radical (unpaired) electrons. The number of aromatic nitrogens is 2. The zero-order valence-corrected chi connectivity index (χ0v) is 16.3. The molecule has 0 saturated carbocycles. The summed E-state index contributed by atoms with van der Waals surface area (Å²) in [6.07, 6.45) is -3.14. The first-order valence-corrected chi connectivity index (χ1v) is 8.93. The van der Waals surface area contributed by atoms with Gasteiger partial charge in [-0.3, -0.25) is 4.79 Å². The summed E-state index contributed by atoms with van der Waals surface area (Å²) >= 11 is 0. The number of para-hydroxylation sites is 2. The Morgan fingerprint density at radius 1 is 1.07 bits per heavy atom. The molecule has 9 heteroatoms. The van der Waals surface area contributed by atoms with Crippen molar-refractivity contribution < 1.29 is 22.7 Å². The van der Waals surface area contributed by atoms with E-state index >= 15 is 0 Å². The van der Waals surface area contributed by atoms with Gasteiger partial charge in [0.05, 0.1) is 23.5 Å². The van der Waals surface area contributed by atoms with Crippen molar-refractivity contribution >= 4 is 11.6 Å². The minimum absolute atomic E-state index is 0.189. The van der Waals surface area contributed by atoms with Gasteiger partial charge in [-0.15, -0.1) is 0 Å². The zero-order valence-electron chi connectivity index (χ0n) is 16.3. The van der Waals surface area contributed by atoms with Gasteiger partial charge in [-0.05, 0) is 38.4 Å². The van der Waals surface area contributed by atoms with E-state index in [1.165, 1.54) is 24.5 Å². The molecule has 3 aromatic rings. The Balaban J connectivity index is 1.80. The maximum Gasteiger partial charge on any atom is 0.416 e. The lowest BCUT2D eigenvalue weighted by Crippen LogP contribution is -2.27. The zero-order chi connectivity index (χ0) is 21.7. The molecule has 3 rings (SSSR count). The molecule has 0 aliphatic heterocycles. The maximum atomic E-state index is 12.7. The average molecular weight is 416 g/mol. The van der Waals surface area contributed by atoms with E-state index in [1.54, 1.807) is 43.3 Å². The largest absolute Gasteiger partial charge is 0.437 e. The summed E-state index contributed by atoms with van der Waals surface area (Å²) < 4.78 is 44.0. The molecular weight excluding hydrogens is 397 g/mol. The molecule has 156 valence electrons. The fraction of sp³-hybridized carbons (Fsp3) is 0.190. The van der Waals surface area contributed by atoms with Crippen LogP contribution in [0.4, 0.5) is 18.9 Å². The minimum atomic E-state index is -4.40. The van der Waals surface area contributed by atoms with Crippen molar-refractivity contribution in [2.24, 2.45) is 0 Å². The van der Waals surface area contributed by atoms with Crippen molar-refractivity contribution in [1.29, 1.82) is 0 Å². The normalized spacial score (nSPS) is 11.4. The molecule has 30 heavy (non-hydrogen) atoms. The first-order valence-electron chi connectivity index (χ1n) is 8.93. The lowest BCUT2D eigenvalue weighted by atomic mass is 10.1. The lowest BCUT2D eigenvalue weighted by Gasteiger charge is -2.14. The second kappa shape index (κ2) is 8.91. The summed E-state index contributed by atoms with van der Waals surface area (Å²) in [5.41, 5.74) is 0.629. The van der Waals surface area contributed by atoms with E-state index in [-0.39, 0.29) is 18.3 Å². The van der Waals surface area contributed by atoms with Gasteiger partial charge in [-0.2, -0.15) is 13.2 Å². The van der Waals surface area contributed by atoms with Crippen molar-refractivity contribution in [3.63, 3.8) is 0 Å². The second-order valence-electron chi connectivity index (χ2n) is 6.70. The fourth-order valence-electron chi connectivity index (χ4n) is 2.63. The third-order valence-corrected chi connectivity index (χ3v) is 3.99. The van der Waals surface area contributed by atoms with E-state index < -0.39 is 11.7 Å². The van der Waals surface area contributed by atoms with Crippen LogP contribution in [0, 0.1) is 0 Å². The van der Waals surface area contributed by atoms with E-state index in [4.69, 9.17) is 4.74 Å². The standard InChI is InChI=1S/C21H19F3N4O2/c1-28(2)12-19(29)27-16-5-3-4-6-18(16)30-20-11-17(25-13-26-20)14-7-9-15(10-8-14)21(22,23)24/h3-11,13H,12H2,1-2H3,(H,27,29). The van der Waals surface area contributed by atoms with E-state index in [1.807, 2.05) is 0 Å². The number of likely N-dealkylation sites (N-methyl/N-ethyl adjacent to an activating group) is 1. The minimum Gasteiger partial charge on any atom is -0.437 e. The van der Waals surface area contributed by atoms with Crippen molar-refractivity contribution in [2.45, 2.75) is 6.18 Å². The molecule has 0 atom stereocenters. The highest BCUT2D eigenvalue weighted by molar-refractivity contribution is 5.93. The van der Waals surface area contributed by atoms with E-state index in [9.17, 15) is 18.0 Å². The van der Waals surface area contributed by atoms with Crippen LogP contribution in [0.1, 0.15) is 5.56 Å². The van der Waals surface area contributed by atoms with Crippen molar-refractivity contribution in [2.75, 3.05) is 26.0 Å². The lowest BCUT2D eigenvalue weighted by molar-refractivity contribution is -0.137. The van der Waals surface area contributed by atoms with Gasteiger partial charge in [0.25, 0.3) is 0 Å². The van der Waals surface area contributed by atoms with Crippen LogP contribution in [-0.2, 0) is 11.0 Å². The first-order chi connectivity index (χ1) is 14.2. The molecule has 1 heterocycles. The summed E-state index contributed by atoms with van der Waals surface area (Å²) in [6, 6.07) is 13.0. The molecule has 0 saturated heterocycles. The van der Waals surface area contributed by atoms with Gasteiger partial charge in [0.1, 0.15) is 6.33 Å². The van der Waals surface area contributed by atoms with Gasteiger partial charge >= 0.3 is 6.18 Å². The van der Waals surface area contributed by atoms with E-state index in [0.29, 0.717) is 22.7 Å². The topological polar surface area (TPSA) is 67.4 Å². The Kier molecular flexibility index (Phi) is 6.31. The van der Waals surface area contributed by atoms with Gasteiger partial charge in [0, 0.05) is 11.6 Å². The molecule has 6 nitrogen and oxygen atoms in total. The molecule has 0 aliphatic carbocycles. The Morgan fingerprint density at radius 2 is 1.77 bits per heavy atom. The van der Waals surface area contributed by atoms with Crippen LogP contribution < -0.4 is 10.1 Å². The van der Waals surface area contributed by atoms with Crippen LogP contribution in [-0.4, -0.2) is 41.4 Å². The average Bonchev–Trinajstić information content (AvgIpc) is 2.68. The quantitative estimate of drug-likeness (QED) is 0.643. The number of anilines is 1. The number of alkyl halides is 3. The highest BCUT2D eigenvalue weighted by Gasteiger charge is 2.30. The number of ether oxygens (including phenoxy) is 1. The van der Waals surface area contributed by atoms with Crippen LogP contribution >= 0.6 is 0 Å². The number of nitrogens with zero attached hydrogens (tertiary/aromatic N) is 3. The number of hydrogen-bond acceptors (Lipinski definition) is 5. The van der Waals surface area contributed by atoms with Crippen LogP contribution in [0.15, 0.2) is 60.9 Å². The van der Waals surface area contributed by atoms with Crippen LogP contribution in [0.25, 0.3) is 11.3 Å². The molecular formula is C21H19F3N4O2. The third kappa shape index (κ3) is 5.54. The third-order valence-electron chi connectivity index (χ3n) is 3.99. The molecule has 1 N–H and O–H groups in total. The molecule has 0 unspecified atom stereocenters. The molecule has 2 aromatic carbocycles. The summed E-state index contributed by atoms with van der Waals surface area (Å²) in [7, 11) is 3.57. The van der Waals surface area contributed by atoms with Crippen molar-refractivity contribution in [1.82, 2.24) is 14.9 Å². The van der Waals surface area contributed by atoms with Gasteiger partial charge in [-0.25, -0.2) is 9.97 Å². The molecule has 0 spiro atoms.